The highest BCUT2D eigenvalue weighted by molar-refractivity contribution is 5.97. The predicted molar refractivity (Wildman–Crippen MR) is 75.8 cm³/mol. The van der Waals surface area contributed by atoms with Crippen molar-refractivity contribution in [1.82, 2.24) is 15.1 Å². The normalized spacial score (nSPS) is 20.7. The summed E-state index contributed by atoms with van der Waals surface area (Å²) < 4.78 is 39.0. The maximum Gasteiger partial charge on any atom is 0.394 e. The van der Waals surface area contributed by atoms with Gasteiger partial charge in [-0.1, -0.05) is 13.3 Å². The number of carboxylic acids is 1. The fraction of sp³-hybridized carbons (Fsp3) is 0.615. The summed E-state index contributed by atoms with van der Waals surface area (Å²) in [6, 6.07) is 0. The molecule has 1 aromatic rings. The van der Waals surface area contributed by atoms with Crippen molar-refractivity contribution >= 4 is 17.6 Å². The van der Waals surface area contributed by atoms with Crippen molar-refractivity contribution < 1.29 is 32.8 Å². The minimum absolute atomic E-state index is 0.0946. The molecule has 0 bridgehead atoms. The van der Waals surface area contributed by atoms with Crippen molar-refractivity contribution in [2.24, 2.45) is 11.8 Å². The molecule has 138 valence electrons. The number of carboxylic acid groups (broad SMARTS) is 1. The van der Waals surface area contributed by atoms with E-state index in [0.717, 1.165) is 0 Å². The summed E-state index contributed by atoms with van der Waals surface area (Å²) in [6.07, 6.45) is -4.04. The summed E-state index contributed by atoms with van der Waals surface area (Å²) >= 11 is 0. The highest BCUT2D eigenvalue weighted by atomic mass is 19.4. The van der Waals surface area contributed by atoms with Gasteiger partial charge in [0.2, 0.25) is 5.69 Å². The molecule has 2 N–H and O–H groups in total. The van der Waals surface area contributed by atoms with Crippen LogP contribution in [-0.4, -0.2) is 56.3 Å². The van der Waals surface area contributed by atoms with E-state index in [9.17, 15) is 32.9 Å². The fourth-order valence-corrected chi connectivity index (χ4v) is 2.84. The largest absolute Gasteiger partial charge is 0.481 e. The lowest BCUT2D eigenvalue weighted by molar-refractivity contribution is -0.385. The minimum Gasteiger partial charge on any atom is -0.481 e. The molecule has 1 aliphatic rings. The Hall–Kier alpha value is -2.66. The number of nitrogens with zero attached hydrogens (tertiary/aromatic N) is 3. The number of aromatic amines is 1. The van der Waals surface area contributed by atoms with Crippen molar-refractivity contribution in [3.05, 3.63) is 21.5 Å². The summed E-state index contributed by atoms with van der Waals surface area (Å²) in [4.78, 5) is 34.5. The van der Waals surface area contributed by atoms with Crippen LogP contribution in [0, 0.1) is 22.0 Å². The zero-order chi connectivity index (χ0) is 18.9. The molecule has 1 aliphatic heterocycles. The second-order valence-electron chi connectivity index (χ2n) is 5.71. The Morgan fingerprint density at radius 1 is 1.44 bits per heavy atom. The van der Waals surface area contributed by atoms with Gasteiger partial charge >= 0.3 is 17.8 Å². The fourth-order valence-electron chi connectivity index (χ4n) is 2.84. The van der Waals surface area contributed by atoms with E-state index < -0.39 is 59.3 Å². The number of hydrogen-bond donors (Lipinski definition) is 2. The van der Waals surface area contributed by atoms with Gasteiger partial charge in [0, 0.05) is 13.1 Å². The lowest BCUT2D eigenvalue weighted by Gasteiger charge is -2.17. The number of hydrogen-bond acceptors (Lipinski definition) is 5. The Morgan fingerprint density at radius 3 is 2.52 bits per heavy atom. The molecule has 2 heterocycles. The maximum absolute atomic E-state index is 13.0. The molecule has 2 rings (SSSR count). The van der Waals surface area contributed by atoms with Gasteiger partial charge < -0.3 is 10.0 Å². The molecule has 0 unspecified atom stereocenters. The van der Waals surface area contributed by atoms with E-state index in [-0.39, 0.29) is 12.1 Å². The van der Waals surface area contributed by atoms with Crippen molar-refractivity contribution in [3.8, 4) is 0 Å². The number of carbonyl (C=O) groups excluding carboxylic acids is 1. The van der Waals surface area contributed by atoms with E-state index in [1.54, 1.807) is 6.92 Å². The van der Waals surface area contributed by atoms with Crippen molar-refractivity contribution in [1.29, 1.82) is 0 Å². The Labute approximate surface area is 138 Å². The third kappa shape index (κ3) is 3.56. The number of aliphatic carboxylic acids is 1. The van der Waals surface area contributed by atoms with Gasteiger partial charge in [-0.05, 0) is 6.42 Å². The van der Waals surface area contributed by atoms with Gasteiger partial charge in [0.15, 0.2) is 0 Å². The molecule has 0 aliphatic carbocycles. The first kappa shape index (κ1) is 18.7. The molecule has 0 radical (unpaired) electrons. The van der Waals surface area contributed by atoms with Gasteiger partial charge in [0.05, 0.1) is 16.8 Å². The van der Waals surface area contributed by atoms with Crippen LogP contribution in [-0.2, 0) is 11.2 Å². The second-order valence-corrected chi connectivity index (χ2v) is 5.71. The average molecular weight is 364 g/mol. The Kier molecular flexibility index (Phi) is 4.99. The van der Waals surface area contributed by atoms with Crippen LogP contribution in [0.2, 0.25) is 0 Å². The zero-order valence-corrected chi connectivity index (χ0v) is 13.0. The van der Waals surface area contributed by atoms with E-state index >= 15 is 0 Å². The summed E-state index contributed by atoms with van der Waals surface area (Å²) in [5.74, 6) is -6.83. The van der Waals surface area contributed by atoms with Gasteiger partial charge in [-0.3, -0.25) is 24.8 Å². The number of nitro groups is 1. The lowest BCUT2D eigenvalue weighted by atomic mass is 9.96. The average Bonchev–Trinajstić information content (AvgIpc) is 3.10. The maximum atomic E-state index is 13.0. The van der Waals surface area contributed by atoms with Crippen molar-refractivity contribution in [2.75, 3.05) is 13.1 Å². The molecule has 9 nitrogen and oxygen atoms in total. The topological polar surface area (TPSA) is 129 Å². The monoisotopic (exact) mass is 364 g/mol. The molecule has 1 saturated heterocycles. The molecule has 0 spiro atoms. The van der Waals surface area contributed by atoms with Crippen LogP contribution in [0.25, 0.3) is 0 Å². The Balaban J connectivity index is 2.33. The molecule has 12 heteroatoms. The van der Waals surface area contributed by atoms with Gasteiger partial charge in [0.1, 0.15) is 5.69 Å². The summed E-state index contributed by atoms with van der Waals surface area (Å²) in [5.41, 5.74) is -1.10. The number of alkyl halides is 3. The number of H-pyrrole nitrogens is 1. The van der Waals surface area contributed by atoms with E-state index in [0.29, 0.717) is 11.3 Å². The first-order valence-electron chi connectivity index (χ1n) is 7.38. The number of rotatable bonds is 5. The molecular weight excluding hydrogens is 349 g/mol. The van der Waals surface area contributed by atoms with Crippen LogP contribution in [0.3, 0.4) is 0 Å². The minimum atomic E-state index is -4.80. The number of aromatic nitrogens is 2. The van der Waals surface area contributed by atoms with Crippen LogP contribution in [0.15, 0.2) is 0 Å². The predicted octanol–water partition coefficient (Wildman–Crippen LogP) is 1.61. The summed E-state index contributed by atoms with van der Waals surface area (Å²) in [7, 11) is 0. The Morgan fingerprint density at radius 2 is 2.08 bits per heavy atom. The standard InChI is InChI=1S/C13H15F3N4O5/c1-2-3-8-10(20(24)25)9(18-17-8)11(21)19-4-6(12(22)23)7(5-19)13(14,15)16/h6-7H,2-5H2,1H3,(H,17,18)(H,22,23)/t6-,7-/m1/s1. The number of likely N-dealkylation sites (tertiary alicyclic amines) is 1. The number of aryl methyl sites for hydroxylation is 1. The number of nitrogens with one attached hydrogen (secondary N) is 1. The molecule has 1 fully saturated rings. The molecule has 1 amide bonds. The summed E-state index contributed by atoms with van der Waals surface area (Å²) in [6.45, 7) is 0.176. The molecule has 0 aromatic carbocycles. The second kappa shape index (κ2) is 6.69. The molecule has 0 saturated carbocycles. The van der Waals surface area contributed by atoms with Crippen LogP contribution < -0.4 is 0 Å². The van der Waals surface area contributed by atoms with Crippen LogP contribution in [0.1, 0.15) is 29.5 Å². The lowest BCUT2D eigenvalue weighted by Crippen LogP contribution is -2.34. The van der Waals surface area contributed by atoms with Crippen molar-refractivity contribution in [2.45, 2.75) is 25.9 Å². The third-order valence-corrected chi connectivity index (χ3v) is 4.04. The highest BCUT2D eigenvalue weighted by Crippen LogP contribution is 2.38. The third-order valence-electron chi connectivity index (χ3n) is 4.04. The van der Waals surface area contributed by atoms with Gasteiger partial charge in [-0.15, -0.1) is 0 Å². The molecule has 2 atom stereocenters. The quantitative estimate of drug-likeness (QED) is 0.603. The highest BCUT2D eigenvalue weighted by Gasteiger charge is 2.54. The van der Waals surface area contributed by atoms with E-state index in [1.165, 1.54) is 0 Å². The van der Waals surface area contributed by atoms with Crippen molar-refractivity contribution in [3.63, 3.8) is 0 Å². The number of carbonyl (C=O) groups is 2. The van der Waals surface area contributed by atoms with E-state index in [4.69, 9.17) is 5.11 Å². The zero-order valence-electron chi connectivity index (χ0n) is 13.0. The Bertz CT molecular complexity index is 702. The van der Waals surface area contributed by atoms with Gasteiger partial charge in [0.25, 0.3) is 5.91 Å². The smallest absolute Gasteiger partial charge is 0.394 e. The number of halogens is 3. The van der Waals surface area contributed by atoms with Gasteiger partial charge in [-0.25, -0.2) is 0 Å². The van der Waals surface area contributed by atoms with Crippen LogP contribution >= 0.6 is 0 Å². The first-order valence-corrected chi connectivity index (χ1v) is 7.38. The van der Waals surface area contributed by atoms with Crippen LogP contribution in [0.5, 0.6) is 0 Å². The molecular formula is C13H15F3N4O5. The molecule has 25 heavy (non-hydrogen) atoms. The molecule has 1 aromatic heterocycles. The van der Waals surface area contributed by atoms with E-state index in [1.807, 2.05) is 0 Å². The SMILES string of the molecule is CCCc1[nH]nc(C(=O)N2C[C@@H](C(F)(F)F)[C@H](C(=O)O)C2)c1[N+](=O)[O-]. The van der Waals surface area contributed by atoms with E-state index in [2.05, 4.69) is 10.2 Å². The number of amides is 1. The van der Waals surface area contributed by atoms with Gasteiger partial charge in [-0.2, -0.15) is 18.3 Å². The van der Waals surface area contributed by atoms with Crippen LogP contribution in [0.4, 0.5) is 18.9 Å². The summed E-state index contributed by atoms with van der Waals surface area (Å²) in [5, 5.41) is 26.1. The first-order chi connectivity index (χ1) is 11.6.